The Balaban J connectivity index is 2.60. The van der Waals surface area contributed by atoms with Gasteiger partial charge in [-0.1, -0.05) is 12.2 Å². The molecule has 0 fully saturated rings. The summed E-state index contributed by atoms with van der Waals surface area (Å²) in [6.45, 7) is 4.44. The van der Waals surface area contributed by atoms with Crippen LogP contribution in [0.2, 0.25) is 0 Å². The van der Waals surface area contributed by atoms with Crippen LogP contribution in [0.25, 0.3) is 0 Å². The summed E-state index contributed by atoms with van der Waals surface area (Å²) in [7, 11) is 0. The molecule has 0 aromatic heterocycles. The lowest BCUT2D eigenvalue weighted by Crippen LogP contribution is -2.26. The van der Waals surface area contributed by atoms with E-state index in [9.17, 15) is 4.79 Å². The van der Waals surface area contributed by atoms with Crippen LogP contribution in [0, 0.1) is 5.41 Å². The minimum absolute atomic E-state index is 0.0703. The topological polar surface area (TPSA) is 26.3 Å². The zero-order valence-corrected chi connectivity index (χ0v) is 8.51. The zero-order chi connectivity index (χ0) is 9.73. The fourth-order valence-electron chi connectivity index (χ4n) is 1.30. The number of ether oxygens (including phenoxy) is 1. The fraction of sp³-hybridized carbons (Fsp3) is 0.727. The van der Waals surface area contributed by atoms with Crippen LogP contribution in [0.1, 0.15) is 39.5 Å². The van der Waals surface area contributed by atoms with Crippen LogP contribution in [0.3, 0.4) is 0 Å². The van der Waals surface area contributed by atoms with Gasteiger partial charge in [-0.3, -0.25) is 4.79 Å². The maximum absolute atomic E-state index is 11.5. The number of rotatable bonds is 0. The summed E-state index contributed by atoms with van der Waals surface area (Å²) in [5.74, 6) is -0.0703. The SMILES string of the molecule is CC1(C)C/C=C\CCCCOC1=O. The molecule has 2 heteroatoms. The Labute approximate surface area is 80.0 Å². The van der Waals surface area contributed by atoms with Crippen molar-refractivity contribution < 1.29 is 9.53 Å². The first-order chi connectivity index (χ1) is 6.13. The Bertz CT molecular complexity index is 204. The third-order valence-corrected chi connectivity index (χ3v) is 2.35. The highest BCUT2D eigenvalue weighted by Crippen LogP contribution is 2.23. The molecule has 2 nitrogen and oxygen atoms in total. The van der Waals surface area contributed by atoms with E-state index in [1.165, 1.54) is 0 Å². The molecule has 74 valence electrons. The highest BCUT2D eigenvalue weighted by Gasteiger charge is 2.27. The minimum atomic E-state index is -0.353. The smallest absolute Gasteiger partial charge is 0.311 e. The van der Waals surface area contributed by atoms with E-state index < -0.39 is 0 Å². The van der Waals surface area contributed by atoms with Crippen molar-refractivity contribution in [3.05, 3.63) is 12.2 Å². The van der Waals surface area contributed by atoms with E-state index >= 15 is 0 Å². The van der Waals surface area contributed by atoms with E-state index in [0.29, 0.717) is 6.61 Å². The second kappa shape index (κ2) is 4.45. The van der Waals surface area contributed by atoms with Gasteiger partial charge in [-0.15, -0.1) is 0 Å². The van der Waals surface area contributed by atoms with Gasteiger partial charge in [0.2, 0.25) is 0 Å². The maximum Gasteiger partial charge on any atom is 0.311 e. The van der Waals surface area contributed by atoms with Crippen molar-refractivity contribution >= 4 is 5.97 Å². The van der Waals surface area contributed by atoms with Gasteiger partial charge in [0.1, 0.15) is 0 Å². The minimum Gasteiger partial charge on any atom is -0.465 e. The third kappa shape index (κ3) is 3.21. The summed E-state index contributed by atoms with van der Waals surface area (Å²) in [6, 6.07) is 0. The molecule has 0 aliphatic carbocycles. The zero-order valence-electron chi connectivity index (χ0n) is 8.51. The average molecular weight is 182 g/mol. The lowest BCUT2D eigenvalue weighted by atomic mass is 9.89. The summed E-state index contributed by atoms with van der Waals surface area (Å²) in [6.07, 6.45) is 8.24. The van der Waals surface area contributed by atoms with Crippen molar-refractivity contribution in [2.45, 2.75) is 39.5 Å². The molecule has 0 saturated carbocycles. The van der Waals surface area contributed by atoms with Gasteiger partial charge in [-0.2, -0.15) is 0 Å². The molecule has 13 heavy (non-hydrogen) atoms. The van der Waals surface area contributed by atoms with Gasteiger partial charge in [0, 0.05) is 0 Å². The number of carbonyl (C=O) groups is 1. The van der Waals surface area contributed by atoms with E-state index in [-0.39, 0.29) is 11.4 Å². The van der Waals surface area contributed by atoms with Gasteiger partial charge in [0.05, 0.1) is 12.0 Å². The first kappa shape index (κ1) is 10.3. The van der Waals surface area contributed by atoms with Gasteiger partial charge in [0.25, 0.3) is 0 Å². The molecular formula is C11H18O2. The van der Waals surface area contributed by atoms with Crippen LogP contribution in [0.5, 0.6) is 0 Å². The summed E-state index contributed by atoms with van der Waals surface area (Å²) in [5, 5.41) is 0. The normalized spacial score (nSPS) is 26.2. The molecule has 0 bridgehead atoms. The Morgan fingerprint density at radius 3 is 2.85 bits per heavy atom. The Hall–Kier alpha value is -0.790. The number of allylic oxidation sites excluding steroid dienone is 2. The second-order valence-corrected chi connectivity index (χ2v) is 4.19. The van der Waals surface area contributed by atoms with Crippen molar-refractivity contribution in [1.29, 1.82) is 0 Å². The largest absolute Gasteiger partial charge is 0.465 e. The number of carbonyl (C=O) groups excluding carboxylic acids is 1. The van der Waals surface area contributed by atoms with E-state index in [2.05, 4.69) is 12.2 Å². The molecule has 0 spiro atoms. The Kier molecular flexibility index (Phi) is 3.52. The first-order valence-electron chi connectivity index (χ1n) is 4.95. The summed E-state index contributed by atoms with van der Waals surface area (Å²) in [5.41, 5.74) is -0.353. The lowest BCUT2D eigenvalue weighted by molar-refractivity contribution is -0.153. The van der Waals surface area contributed by atoms with E-state index in [0.717, 1.165) is 25.7 Å². The monoisotopic (exact) mass is 182 g/mol. The number of cyclic esters (lactones) is 1. The summed E-state index contributed by atoms with van der Waals surface area (Å²) >= 11 is 0. The standard InChI is InChI=1S/C11H18O2/c1-11(2)8-6-4-3-5-7-9-13-10(11)12/h4,6H,3,5,7-9H2,1-2H3/b6-4-. The van der Waals surface area contributed by atoms with E-state index in [4.69, 9.17) is 4.74 Å². The summed E-state index contributed by atoms with van der Waals surface area (Å²) in [4.78, 5) is 11.5. The molecule has 0 radical (unpaired) electrons. The van der Waals surface area contributed by atoms with E-state index in [1.54, 1.807) is 0 Å². The molecule has 1 heterocycles. The number of hydrogen-bond donors (Lipinski definition) is 0. The van der Waals surface area contributed by atoms with Crippen LogP contribution >= 0.6 is 0 Å². The predicted octanol–water partition coefficient (Wildman–Crippen LogP) is 2.69. The van der Waals surface area contributed by atoms with Crippen LogP contribution < -0.4 is 0 Å². The molecule has 1 rings (SSSR count). The summed E-state index contributed by atoms with van der Waals surface area (Å²) < 4.78 is 5.16. The van der Waals surface area contributed by atoms with Crippen molar-refractivity contribution in [1.82, 2.24) is 0 Å². The number of esters is 1. The molecule has 1 aliphatic rings. The van der Waals surface area contributed by atoms with Gasteiger partial charge < -0.3 is 4.74 Å². The third-order valence-electron chi connectivity index (χ3n) is 2.35. The molecular weight excluding hydrogens is 164 g/mol. The molecule has 0 aromatic rings. The highest BCUT2D eigenvalue weighted by molar-refractivity contribution is 5.76. The molecule has 1 aliphatic heterocycles. The van der Waals surface area contributed by atoms with Gasteiger partial charge >= 0.3 is 5.97 Å². The van der Waals surface area contributed by atoms with E-state index in [1.807, 2.05) is 13.8 Å². The van der Waals surface area contributed by atoms with Crippen molar-refractivity contribution in [2.24, 2.45) is 5.41 Å². The molecule has 0 unspecified atom stereocenters. The molecule has 0 atom stereocenters. The van der Waals surface area contributed by atoms with Crippen LogP contribution in [0.4, 0.5) is 0 Å². The molecule has 0 N–H and O–H groups in total. The van der Waals surface area contributed by atoms with Gasteiger partial charge in [0.15, 0.2) is 0 Å². The van der Waals surface area contributed by atoms with Gasteiger partial charge in [-0.05, 0) is 39.5 Å². The first-order valence-corrected chi connectivity index (χ1v) is 4.95. The average Bonchev–Trinajstić information content (AvgIpc) is 2.08. The maximum atomic E-state index is 11.5. The molecule has 0 amide bonds. The Morgan fingerprint density at radius 2 is 2.08 bits per heavy atom. The van der Waals surface area contributed by atoms with Crippen LogP contribution in [0.15, 0.2) is 12.2 Å². The van der Waals surface area contributed by atoms with Crippen LogP contribution in [-0.2, 0) is 9.53 Å². The highest BCUT2D eigenvalue weighted by atomic mass is 16.5. The molecule has 0 saturated heterocycles. The van der Waals surface area contributed by atoms with Gasteiger partial charge in [-0.25, -0.2) is 0 Å². The van der Waals surface area contributed by atoms with Crippen LogP contribution in [-0.4, -0.2) is 12.6 Å². The Morgan fingerprint density at radius 1 is 1.31 bits per heavy atom. The van der Waals surface area contributed by atoms with Crippen molar-refractivity contribution in [3.8, 4) is 0 Å². The predicted molar refractivity (Wildman–Crippen MR) is 52.3 cm³/mol. The van der Waals surface area contributed by atoms with Crippen molar-refractivity contribution in [3.63, 3.8) is 0 Å². The van der Waals surface area contributed by atoms with Crippen molar-refractivity contribution in [2.75, 3.05) is 6.61 Å². The second-order valence-electron chi connectivity index (χ2n) is 4.19. The quantitative estimate of drug-likeness (QED) is 0.425. The fourth-order valence-corrected chi connectivity index (χ4v) is 1.30. The molecule has 0 aromatic carbocycles. The lowest BCUT2D eigenvalue weighted by Gasteiger charge is -2.21. The number of hydrogen-bond acceptors (Lipinski definition) is 2.